The van der Waals surface area contributed by atoms with Crippen molar-refractivity contribution in [3.8, 4) is 0 Å². The predicted molar refractivity (Wildman–Crippen MR) is 92.6 cm³/mol. The average molecular weight is 340 g/mol. The smallest absolute Gasteiger partial charge is 0.303 e. The van der Waals surface area contributed by atoms with Crippen molar-refractivity contribution in [2.24, 2.45) is 11.8 Å². The van der Waals surface area contributed by atoms with E-state index in [0.717, 1.165) is 38.5 Å². The van der Waals surface area contributed by atoms with Gasteiger partial charge in [-0.3, -0.25) is 9.59 Å². The fourth-order valence-corrected chi connectivity index (χ4v) is 3.35. The lowest BCUT2D eigenvalue weighted by atomic mass is 9.88. The van der Waals surface area contributed by atoms with Gasteiger partial charge in [-0.05, 0) is 19.3 Å². The van der Waals surface area contributed by atoms with E-state index in [2.05, 4.69) is 6.92 Å². The lowest BCUT2D eigenvalue weighted by Gasteiger charge is -2.18. The van der Waals surface area contributed by atoms with Gasteiger partial charge in [0.15, 0.2) is 0 Å². The highest BCUT2D eigenvalue weighted by molar-refractivity contribution is 5.84. The Morgan fingerprint density at radius 3 is 2.62 bits per heavy atom. The van der Waals surface area contributed by atoms with Crippen LogP contribution in [0.25, 0.3) is 0 Å². The number of carbonyl (C=O) groups excluding carboxylic acids is 1. The van der Waals surface area contributed by atoms with Crippen LogP contribution in [0.3, 0.4) is 0 Å². The molecule has 3 N–H and O–H groups in total. The number of unbranched alkanes of at least 4 members (excludes halogenated alkanes) is 4. The third-order valence-electron chi connectivity index (χ3n) is 4.80. The number of carboxylic acids is 1. The molecule has 5 heteroatoms. The van der Waals surface area contributed by atoms with Crippen LogP contribution in [0.15, 0.2) is 12.2 Å². The summed E-state index contributed by atoms with van der Waals surface area (Å²) in [6.45, 7) is 2.07. The average Bonchev–Trinajstić information content (AvgIpc) is 2.79. The van der Waals surface area contributed by atoms with Crippen LogP contribution in [-0.2, 0) is 9.59 Å². The summed E-state index contributed by atoms with van der Waals surface area (Å²) in [5.41, 5.74) is 0. The number of carbonyl (C=O) groups is 2. The number of Topliss-reactive ketones (excluding diaryl/α,β-unsaturated/α-hetero) is 1. The number of rotatable bonds is 12. The summed E-state index contributed by atoms with van der Waals surface area (Å²) in [5, 5.41) is 28.6. The maximum absolute atomic E-state index is 12.1. The fraction of sp³-hybridized carbons (Fsp3) is 0.789. The molecule has 0 spiro atoms. The number of aliphatic hydroxyl groups excluding tert-OH is 2. The fourth-order valence-electron chi connectivity index (χ4n) is 3.35. The van der Waals surface area contributed by atoms with Gasteiger partial charge in [-0.15, -0.1) is 0 Å². The summed E-state index contributed by atoms with van der Waals surface area (Å²) < 4.78 is 0. The molecular weight excluding hydrogens is 308 g/mol. The first kappa shape index (κ1) is 20.8. The van der Waals surface area contributed by atoms with Crippen molar-refractivity contribution in [2.75, 3.05) is 0 Å². The van der Waals surface area contributed by atoms with Gasteiger partial charge in [-0.2, -0.15) is 0 Å². The molecule has 1 aliphatic rings. The van der Waals surface area contributed by atoms with Crippen LogP contribution in [0, 0.1) is 11.8 Å². The van der Waals surface area contributed by atoms with Gasteiger partial charge in [0.1, 0.15) is 5.78 Å². The van der Waals surface area contributed by atoms with Crippen molar-refractivity contribution in [1.29, 1.82) is 0 Å². The molecule has 0 amide bonds. The molecule has 24 heavy (non-hydrogen) atoms. The minimum Gasteiger partial charge on any atom is -0.481 e. The van der Waals surface area contributed by atoms with Gasteiger partial charge >= 0.3 is 5.97 Å². The highest BCUT2D eigenvalue weighted by Gasteiger charge is 2.39. The summed E-state index contributed by atoms with van der Waals surface area (Å²) in [4.78, 5) is 22.5. The minimum atomic E-state index is -0.768. The lowest BCUT2D eigenvalue weighted by molar-refractivity contribution is -0.137. The Morgan fingerprint density at radius 1 is 1.25 bits per heavy atom. The Hall–Kier alpha value is -1.20. The number of carboxylic acid groups (broad SMARTS) is 1. The summed E-state index contributed by atoms with van der Waals surface area (Å²) in [6, 6.07) is 0. The zero-order valence-electron chi connectivity index (χ0n) is 14.7. The second-order valence-electron chi connectivity index (χ2n) is 6.86. The molecule has 0 aliphatic heterocycles. The molecule has 1 aliphatic carbocycles. The molecule has 0 aromatic carbocycles. The van der Waals surface area contributed by atoms with E-state index in [1.807, 2.05) is 6.08 Å². The summed E-state index contributed by atoms with van der Waals surface area (Å²) >= 11 is 0. The monoisotopic (exact) mass is 340 g/mol. The molecule has 4 atom stereocenters. The van der Waals surface area contributed by atoms with Crippen molar-refractivity contribution >= 4 is 11.8 Å². The highest BCUT2D eigenvalue weighted by atomic mass is 16.4. The largest absolute Gasteiger partial charge is 0.481 e. The molecule has 0 radical (unpaired) electrons. The summed E-state index contributed by atoms with van der Waals surface area (Å²) in [5.74, 6) is -1.04. The highest BCUT2D eigenvalue weighted by Crippen LogP contribution is 2.34. The van der Waals surface area contributed by atoms with E-state index in [-0.39, 0.29) is 30.5 Å². The van der Waals surface area contributed by atoms with E-state index in [1.54, 1.807) is 6.08 Å². The van der Waals surface area contributed by atoms with Crippen molar-refractivity contribution in [3.05, 3.63) is 12.2 Å². The maximum atomic E-state index is 12.1. The second kappa shape index (κ2) is 11.4. The first-order valence-electron chi connectivity index (χ1n) is 9.24. The number of hydrogen-bond donors (Lipinski definition) is 3. The summed E-state index contributed by atoms with van der Waals surface area (Å²) in [7, 11) is 0. The van der Waals surface area contributed by atoms with Crippen LogP contribution in [0.1, 0.15) is 71.1 Å². The summed E-state index contributed by atoms with van der Waals surface area (Å²) in [6.07, 6.45) is 9.50. The SMILES string of the molecule is CCCC[C@H](O)C=CC1C(CCCCCCC(=O)O)C(=O)C[C@H]1O. The Bertz CT molecular complexity index is 418. The van der Waals surface area contributed by atoms with E-state index in [9.17, 15) is 19.8 Å². The number of hydrogen-bond acceptors (Lipinski definition) is 4. The maximum Gasteiger partial charge on any atom is 0.303 e. The molecular formula is C19H32O5. The van der Waals surface area contributed by atoms with Crippen LogP contribution in [-0.4, -0.2) is 39.3 Å². The number of aliphatic carboxylic acids is 1. The van der Waals surface area contributed by atoms with E-state index in [0.29, 0.717) is 12.8 Å². The molecule has 0 aromatic rings. The minimum absolute atomic E-state index is 0.103. The molecule has 0 saturated heterocycles. The molecule has 1 rings (SSSR count). The normalized spacial score (nSPS) is 25.5. The van der Waals surface area contributed by atoms with Gasteiger partial charge < -0.3 is 15.3 Å². The zero-order chi connectivity index (χ0) is 17.9. The molecule has 138 valence electrons. The molecule has 0 heterocycles. The number of aliphatic hydroxyl groups is 2. The second-order valence-corrected chi connectivity index (χ2v) is 6.86. The number of ketones is 1. The van der Waals surface area contributed by atoms with Crippen LogP contribution < -0.4 is 0 Å². The van der Waals surface area contributed by atoms with Crippen LogP contribution in [0.5, 0.6) is 0 Å². The Labute approximate surface area is 144 Å². The zero-order valence-corrected chi connectivity index (χ0v) is 14.7. The third-order valence-corrected chi connectivity index (χ3v) is 4.80. The van der Waals surface area contributed by atoms with E-state index >= 15 is 0 Å². The van der Waals surface area contributed by atoms with Gasteiger partial charge in [0.25, 0.3) is 0 Å². The van der Waals surface area contributed by atoms with Crippen molar-refractivity contribution in [2.45, 2.75) is 83.3 Å². The van der Waals surface area contributed by atoms with Crippen molar-refractivity contribution in [3.63, 3.8) is 0 Å². The van der Waals surface area contributed by atoms with E-state index in [1.165, 1.54) is 0 Å². The van der Waals surface area contributed by atoms with Crippen LogP contribution in [0.2, 0.25) is 0 Å². The first-order chi connectivity index (χ1) is 11.5. The quantitative estimate of drug-likeness (QED) is 0.375. The van der Waals surface area contributed by atoms with Crippen molar-refractivity contribution < 1.29 is 24.9 Å². The first-order valence-corrected chi connectivity index (χ1v) is 9.24. The Kier molecular flexibility index (Phi) is 9.88. The van der Waals surface area contributed by atoms with E-state index < -0.39 is 18.2 Å². The van der Waals surface area contributed by atoms with Crippen LogP contribution >= 0.6 is 0 Å². The van der Waals surface area contributed by atoms with Gasteiger partial charge in [0.2, 0.25) is 0 Å². The molecule has 5 nitrogen and oxygen atoms in total. The molecule has 1 fully saturated rings. The molecule has 2 unspecified atom stereocenters. The standard InChI is InChI=1S/C19H32O5/c1-2-3-8-14(20)11-12-16-15(17(21)13-18(16)22)9-6-4-5-7-10-19(23)24/h11-12,14-16,18,20,22H,2-10,13H2,1H3,(H,23,24)/t14-,15?,16?,18+/m0/s1. The van der Waals surface area contributed by atoms with Gasteiger partial charge in [0.05, 0.1) is 12.2 Å². The molecule has 0 bridgehead atoms. The van der Waals surface area contributed by atoms with Crippen molar-refractivity contribution in [1.82, 2.24) is 0 Å². The molecule has 1 saturated carbocycles. The molecule has 0 aromatic heterocycles. The predicted octanol–water partition coefficient (Wildman–Crippen LogP) is 3.09. The van der Waals surface area contributed by atoms with Crippen LogP contribution in [0.4, 0.5) is 0 Å². The topological polar surface area (TPSA) is 94.8 Å². The van der Waals surface area contributed by atoms with E-state index in [4.69, 9.17) is 5.11 Å². The van der Waals surface area contributed by atoms with Gasteiger partial charge in [0, 0.05) is 24.7 Å². The van der Waals surface area contributed by atoms with Gasteiger partial charge in [-0.25, -0.2) is 0 Å². The Morgan fingerprint density at radius 2 is 1.96 bits per heavy atom. The third kappa shape index (κ3) is 7.58. The van der Waals surface area contributed by atoms with Gasteiger partial charge in [-0.1, -0.05) is 51.2 Å². The Balaban J connectivity index is 2.40. The lowest BCUT2D eigenvalue weighted by Crippen LogP contribution is -2.19.